The summed E-state index contributed by atoms with van der Waals surface area (Å²) in [5.74, 6) is 0.242. The second kappa shape index (κ2) is 8.37. The number of aromatic nitrogens is 2. The Morgan fingerprint density at radius 2 is 2.00 bits per heavy atom. The SMILES string of the molecule is Fc1ccc(-c2nccnc2NCCCN2CCOCC2)cc1Cl. The van der Waals surface area contributed by atoms with Crippen molar-refractivity contribution in [2.24, 2.45) is 0 Å². The topological polar surface area (TPSA) is 50.3 Å². The van der Waals surface area contributed by atoms with Crippen LogP contribution in [0.2, 0.25) is 5.02 Å². The van der Waals surface area contributed by atoms with Crippen LogP contribution in [0.1, 0.15) is 6.42 Å². The molecule has 0 aliphatic carbocycles. The third-order valence-corrected chi connectivity index (χ3v) is 4.23. The van der Waals surface area contributed by atoms with Crippen molar-refractivity contribution in [3.8, 4) is 11.3 Å². The van der Waals surface area contributed by atoms with Gasteiger partial charge in [0, 0.05) is 37.6 Å². The predicted molar refractivity (Wildman–Crippen MR) is 92.8 cm³/mol. The highest BCUT2D eigenvalue weighted by Crippen LogP contribution is 2.27. The average molecular weight is 351 g/mol. The van der Waals surface area contributed by atoms with Gasteiger partial charge in [-0.15, -0.1) is 0 Å². The smallest absolute Gasteiger partial charge is 0.152 e. The molecule has 0 saturated carbocycles. The van der Waals surface area contributed by atoms with Crippen molar-refractivity contribution in [2.75, 3.05) is 44.7 Å². The maximum atomic E-state index is 13.3. The fraction of sp³-hybridized carbons (Fsp3) is 0.412. The van der Waals surface area contributed by atoms with Gasteiger partial charge in [-0.3, -0.25) is 9.88 Å². The zero-order valence-corrected chi connectivity index (χ0v) is 14.1. The van der Waals surface area contributed by atoms with Gasteiger partial charge in [0.2, 0.25) is 0 Å². The van der Waals surface area contributed by atoms with E-state index in [0.717, 1.165) is 51.4 Å². The monoisotopic (exact) mass is 350 g/mol. The number of benzene rings is 1. The van der Waals surface area contributed by atoms with Crippen molar-refractivity contribution in [2.45, 2.75) is 6.42 Å². The van der Waals surface area contributed by atoms with E-state index in [1.165, 1.54) is 6.07 Å². The number of ether oxygens (including phenoxy) is 1. The zero-order valence-electron chi connectivity index (χ0n) is 13.3. The van der Waals surface area contributed by atoms with Crippen LogP contribution in [-0.4, -0.2) is 54.3 Å². The van der Waals surface area contributed by atoms with E-state index in [0.29, 0.717) is 11.5 Å². The molecule has 0 unspecified atom stereocenters. The van der Waals surface area contributed by atoms with Crippen molar-refractivity contribution in [3.05, 3.63) is 41.4 Å². The lowest BCUT2D eigenvalue weighted by atomic mass is 10.1. The van der Waals surface area contributed by atoms with Crippen molar-refractivity contribution in [3.63, 3.8) is 0 Å². The highest BCUT2D eigenvalue weighted by molar-refractivity contribution is 6.31. The Bertz CT molecular complexity index is 679. The number of halogens is 2. The lowest BCUT2D eigenvalue weighted by molar-refractivity contribution is 0.0378. The molecule has 5 nitrogen and oxygen atoms in total. The number of nitrogens with one attached hydrogen (secondary N) is 1. The highest BCUT2D eigenvalue weighted by Gasteiger charge is 2.11. The summed E-state index contributed by atoms with van der Waals surface area (Å²) in [4.78, 5) is 11.1. The van der Waals surface area contributed by atoms with E-state index in [1.807, 2.05) is 0 Å². The fourth-order valence-electron chi connectivity index (χ4n) is 2.66. The predicted octanol–water partition coefficient (Wildman–Crippen LogP) is 3.07. The van der Waals surface area contributed by atoms with Crippen molar-refractivity contribution in [1.82, 2.24) is 14.9 Å². The Kier molecular flexibility index (Phi) is 5.96. The normalized spacial score (nSPS) is 15.4. The molecule has 1 aliphatic rings. The summed E-state index contributed by atoms with van der Waals surface area (Å²) in [6.07, 6.45) is 4.25. The Hall–Kier alpha value is -1.76. The first kappa shape index (κ1) is 17.1. The van der Waals surface area contributed by atoms with Gasteiger partial charge in [-0.1, -0.05) is 11.6 Å². The largest absolute Gasteiger partial charge is 0.379 e. The molecule has 2 aromatic rings. The molecule has 0 amide bonds. The molecule has 0 spiro atoms. The lowest BCUT2D eigenvalue weighted by Crippen LogP contribution is -2.37. The van der Waals surface area contributed by atoms with Gasteiger partial charge in [0.1, 0.15) is 11.5 Å². The van der Waals surface area contributed by atoms with Crippen LogP contribution in [0, 0.1) is 5.82 Å². The second-order valence-electron chi connectivity index (χ2n) is 5.62. The van der Waals surface area contributed by atoms with Gasteiger partial charge in [-0.25, -0.2) is 9.37 Å². The van der Waals surface area contributed by atoms with Crippen LogP contribution < -0.4 is 5.32 Å². The lowest BCUT2D eigenvalue weighted by Gasteiger charge is -2.26. The summed E-state index contributed by atoms with van der Waals surface area (Å²) < 4.78 is 18.7. The fourth-order valence-corrected chi connectivity index (χ4v) is 2.84. The van der Waals surface area contributed by atoms with Crippen molar-refractivity contribution in [1.29, 1.82) is 0 Å². The first-order chi connectivity index (χ1) is 11.7. The Labute approximate surface area is 145 Å². The van der Waals surface area contributed by atoms with E-state index in [-0.39, 0.29) is 5.02 Å². The Morgan fingerprint density at radius 3 is 2.79 bits per heavy atom. The molecule has 24 heavy (non-hydrogen) atoms. The van der Waals surface area contributed by atoms with E-state index < -0.39 is 5.82 Å². The van der Waals surface area contributed by atoms with E-state index in [2.05, 4.69) is 20.2 Å². The van der Waals surface area contributed by atoms with Gasteiger partial charge >= 0.3 is 0 Å². The van der Waals surface area contributed by atoms with Gasteiger partial charge in [0.15, 0.2) is 5.82 Å². The van der Waals surface area contributed by atoms with E-state index in [4.69, 9.17) is 16.3 Å². The molecule has 1 fully saturated rings. The van der Waals surface area contributed by atoms with Gasteiger partial charge in [-0.2, -0.15) is 0 Å². The molecule has 7 heteroatoms. The zero-order chi connectivity index (χ0) is 16.8. The molecule has 1 N–H and O–H groups in total. The molecule has 0 radical (unpaired) electrons. The minimum absolute atomic E-state index is 0.0800. The average Bonchev–Trinajstić information content (AvgIpc) is 2.62. The summed E-state index contributed by atoms with van der Waals surface area (Å²) in [6.45, 7) is 5.42. The number of hydrogen-bond acceptors (Lipinski definition) is 5. The highest BCUT2D eigenvalue weighted by atomic mass is 35.5. The third kappa shape index (κ3) is 4.41. The Balaban J connectivity index is 1.60. The summed E-state index contributed by atoms with van der Waals surface area (Å²) >= 11 is 5.87. The van der Waals surface area contributed by atoms with Crippen LogP contribution in [0.3, 0.4) is 0 Å². The number of hydrogen-bond donors (Lipinski definition) is 1. The van der Waals surface area contributed by atoms with Crippen molar-refractivity contribution < 1.29 is 9.13 Å². The van der Waals surface area contributed by atoms with Gasteiger partial charge < -0.3 is 10.1 Å². The summed E-state index contributed by atoms with van der Waals surface area (Å²) in [5.41, 5.74) is 1.41. The van der Waals surface area contributed by atoms with Crippen LogP contribution >= 0.6 is 11.6 Å². The molecule has 128 valence electrons. The molecular formula is C17H20ClFN4O. The number of nitrogens with zero attached hydrogens (tertiary/aromatic N) is 3. The van der Waals surface area contributed by atoms with Crippen LogP contribution in [0.4, 0.5) is 10.2 Å². The van der Waals surface area contributed by atoms with Crippen LogP contribution in [-0.2, 0) is 4.74 Å². The summed E-state index contributed by atoms with van der Waals surface area (Å²) in [7, 11) is 0. The number of morpholine rings is 1. The van der Waals surface area contributed by atoms with E-state index >= 15 is 0 Å². The molecule has 1 aromatic carbocycles. The van der Waals surface area contributed by atoms with Gasteiger partial charge in [0.05, 0.1) is 18.2 Å². The number of anilines is 1. The minimum Gasteiger partial charge on any atom is -0.379 e. The Morgan fingerprint density at radius 1 is 1.21 bits per heavy atom. The van der Waals surface area contributed by atoms with Crippen molar-refractivity contribution >= 4 is 17.4 Å². The molecule has 0 atom stereocenters. The van der Waals surface area contributed by atoms with E-state index in [9.17, 15) is 4.39 Å². The standard InChI is InChI=1S/C17H20ClFN4O/c18-14-12-13(2-3-15(14)19)16-17(22-6-5-20-16)21-4-1-7-23-8-10-24-11-9-23/h2-3,5-6,12H,1,4,7-11H2,(H,21,22). The third-order valence-electron chi connectivity index (χ3n) is 3.94. The maximum Gasteiger partial charge on any atom is 0.152 e. The van der Waals surface area contributed by atoms with E-state index in [1.54, 1.807) is 24.5 Å². The van der Waals surface area contributed by atoms with Gasteiger partial charge in [0.25, 0.3) is 0 Å². The summed E-state index contributed by atoms with van der Waals surface area (Å²) in [5, 5.41) is 3.40. The quantitative estimate of drug-likeness (QED) is 0.811. The van der Waals surface area contributed by atoms with Crippen LogP contribution in [0.15, 0.2) is 30.6 Å². The molecule has 3 rings (SSSR count). The minimum atomic E-state index is -0.440. The first-order valence-corrected chi connectivity index (χ1v) is 8.42. The van der Waals surface area contributed by atoms with Crippen LogP contribution in [0.5, 0.6) is 0 Å². The molecule has 1 aromatic heterocycles. The van der Waals surface area contributed by atoms with Gasteiger partial charge in [-0.05, 0) is 31.2 Å². The number of rotatable bonds is 6. The van der Waals surface area contributed by atoms with Crippen LogP contribution in [0.25, 0.3) is 11.3 Å². The molecule has 0 bridgehead atoms. The summed E-state index contributed by atoms with van der Waals surface area (Å²) in [6, 6.07) is 4.57. The molecule has 1 aliphatic heterocycles. The maximum absolute atomic E-state index is 13.3. The first-order valence-electron chi connectivity index (χ1n) is 8.04. The molecule has 2 heterocycles. The molecular weight excluding hydrogens is 331 g/mol. The second-order valence-corrected chi connectivity index (χ2v) is 6.02. The molecule has 1 saturated heterocycles.